The average Bonchev–Trinajstić information content (AvgIpc) is 2.30. The van der Waals surface area contributed by atoms with Crippen molar-refractivity contribution in [3.63, 3.8) is 0 Å². The van der Waals surface area contributed by atoms with Crippen molar-refractivity contribution in [1.29, 1.82) is 0 Å². The van der Waals surface area contributed by atoms with Crippen LogP contribution in [0.25, 0.3) is 0 Å². The molecule has 0 bridgehead atoms. The Kier molecular flexibility index (Phi) is 6.00. The Morgan fingerprint density at radius 2 is 1.87 bits per heavy atom. The lowest BCUT2D eigenvalue weighted by Crippen LogP contribution is -2.23. The van der Waals surface area contributed by atoms with E-state index in [1.165, 1.54) is 5.56 Å². The Balaban J connectivity index is 2.16. The second-order valence-corrected chi connectivity index (χ2v) is 3.70. The van der Waals surface area contributed by atoms with Crippen molar-refractivity contribution in [2.75, 3.05) is 19.6 Å². The zero-order chi connectivity index (χ0) is 10.9. The van der Waals surface area contributed by atoms with E-state index in [9.17, 15) is 0 Å². The molecule has 0 amide bonds. The van der Waals surface area contributed by atoms with Gasteiger partial charge in [-0.1, -0.05) is 30.3 Å². The smallest absolute Gasteiger partial charge is 0.0306 e. The summed E-state index contributed by atoms with van der Waals surface area (Å²) in [4.78, 5) is 0. The molecule has 0 aromatic heterocycles. The summed E-state index contributed by atoms with van der Waals surface area (Å²) in [6.45, 7) is 2.69. The first-order valence-electron chi connectivity index (χ1n) is 5.56. The molecule has 0 saturated carbocycles. The third-order valence-electron chi connectivity index (χ3n) is 2.42. The van der Waals surface area contributed by atoms with E-state index in [4.69, 9.17) is 11.5 Å². The topological polar surface area (TPSA) is 64.1 Å². The predicted molar refractivity (Wildman–Crippen MR) is 64.5 cm³/mol. The quantitative estimate of drug-likeness (QED) is 0.585. The van der Waals surface area contributed by atoms with Crippen molar-refractivity contribution < 1.29 is 0 Å². The van der Waals surface area contributed by atoms with Crippen LogP contribution in [0.2, 0.25) is 0 Å². The molecule has 0 saturated heterocycles. The summed E-state index contributed by atoms with van der Waals surface area (Å²) in [5.41, 5.74) is 12.6. The zero-order valence-corrected chi connectivity index (χ0v) is 9.15. The van der Waals surface area contributed by atoms with E-state index in [-0.39, 0.29) is 6.04 Å². The highest BCUT2D eigenvalue weighted by Gasteiger charge is 2.03. The van der Waals surface area contributed by atoms with E-state index in [2.05, 4.69) is 17.4 Å². The minimum Gasteiger partial charge on any atom is -0.330 e. The van der Waals surface area contributed by atoms with Crippen molar-refractivity contribution in [1.82, 2.24) is 5.32 Å². The summed E-state index contributed by atoms with van der Waals surface area (Å²) in [6.07, 6.45) is 2.00. The Bertz CT molecular complexity index is 248. The van der Waals surface area contributed by atoms with Gasteiger partial charge in [-0.2, -0.15) is 0 Å². The van der Waals surface area contributed by atoms with Crippen LogP contribution in [0.1, 0.15) is 24.4 Å². The zero-order valence-electron chi connectivity index (χ0n) is 9.15. The van der Waals surface area contributed by atoms with Crippen molar-refractivity contribution in [2.45, 2.75) is 18.9 Å². The van der Waals surface area contributed by atoms with Crippen LogP contribution in [0.4, 0.5) is 0 Å². The molecule has 0 aliphatic rings. The number of hydrogen-bond acceptors (Lipinski definition) is 3. The lowest BCUT2D eigenvalue weighted by Gasteiger charge is -2.12. The third kappa shape index (κ3) is 4.93. The van der Waals surface area contributed by atoms with Gasteiger partial charge in [0.1, 0.15) is 0 Å². The molecular formula is C12H21N3. The molecule has 15 heavy (non-hydrogen) atoms. The normalized spacial score (nSPS) is 12.7. The van der Waals surface area contributed by atoms with Gasteiger partial charge >= 0.3 is 0 Å². The van der Waals surface area contributed by atoms with Gasteiger partial charge < -0.3 is 16.8 Å². The van der Waals surface area contributed by atoms with Crippen molar-refractivity contribution >= 4 is 0 Å². The lowest BCUT2D eigenvalue weighted by atomic mass is 10.1. The highest BCUT2D eigenvalue weighted by molar-refractivity contribution is 5.18. The van der Waals surface area contributed by atoms with Gasteiger partial charge in [-0.05, 0) is 38.0 Å². The third-order valence-corrected chi connectivity index (χ3v) is 2.42. The second-order valence-electron chi connectivity index (χ2n) is 3.70. The molecule has 1 unspecified atom stereocenters. The molecule has 0 fully saturated rings. The van der Waals surface area contributed by atoms with Crippen molar-refractivity contribution in [2.24, 2.45) is 11.5 Å². The van der Waals surface area contributed by atoms with Crippen LogP contribution in [-0.4, -0.2) is 19.6 Å². The van der Waals surface area contributed by atoms with Gasteiger partial charge in [0.15, 0.2) is 0 Å². The van der Waals surface area contributed by atoms with E-state index >= 15 is 0 Å². The van der Waals surface area contributed by atoms with Gasteiger partial charge in [-0.3, -0.25) is 0 Å². The van der Waals surface area contributed by atoms with E-state index in [0.29, 0.717) is 0 Å². The SMILES string of the molecule is NCCCNCCC(N)c1ccccc1. The van der Waals surface area contributed by atoms with Crippen LogP contribution in [0, 0.1) is 0 Å². The van der Waals surface area contributed by atoms with Gasteiger partial charge in [-0.15, -0.1) is 0 Å². The molecule has 0 heterocycles. The Hall–Kier alpha value is -0.900. The first-order valence-corrected chi connectivity index (χ1v) is 5.56. The number of benzene rings is 1. The summed E-state index contributed by atoms with van der Waals surface area (Å²) >= 11 is 0. The number of nitrogens with two attached hydrogens (primary N) is 2. The maximum atomic E-state index is 6.05. The molecule has 1 atom stereocenters. The molecule has 1 rings (SSSR count). The fourth-order valence-corrected chi connectivity index (χ4v) is 1.48. The van der Waals surface area contributed by atoms with Gasteiger partial charge in [0.05, 0.1) is 0 Å². The Labute approximate surface area is 91.9 Å². The van der Waals surface area contributed by atoms with Crippen LogP contribution in [0.5, 0.6) is 0 Å². The second kappa shape index (κ2) is 7.40. The standard InChI is InChI=1S/C12H21N3/c13-8-4-9-15-10-7-12(14)11-5-2-1-3-6-11/h1-3,5-6,12,15H,4,7-10,13-14H2. The minimum absolute atomic E-state index is 0.136. The molecule has 1 aromatic rings. The number of hydrogen-bond donors (Lipinski definition) is 3. The van der Waals surface area contributed by atoms with E-state index in [1.54, 1.807) is 0 Å². The Morgan fingerprint density at radius 1 is 1.13 bits per heavy atom. The van der Waals surface area contributed by atoms with Gasteiger partial charge in [0.2, 0.25) is 0 Å². The lowest BCUT2D eigenvalue weighted by molar-refractivity contribution is 0.571. The van der Waals surface area contributed by atoms with Crippen LogP contribution >= 0.6 is 0 Å². The fourth-order valence-electron chi connectivity index (χ4n) is 1.48. The highest BCUT2D eigenvalue weighted by atomic mass is 14.9. The van der Waals surface area contributed by atoms with Crippen molar-refractivity contribution in [3.05, 3.63) is 35.9 Å². The molecule has 3 nitrogen and oxygen atoms in total. The Morgan fingerprint density at radius 3 is 2.53 bits per heavy atom. The summed E-state index contributed by atoms with van der Waals surface area (Å²) in [7, 11) is 0. The molecule has 0 aliphatic carbocycles. The first kappa shape index (κ1) is 12.2. The maximum Gasteiger partial charge on any atom is 0.0306 e. The molecule has 5 N–H and O–H groups in total. The van der Waals surface area contributed by atoms with Crippen LogP contribution in [0.15, 0.2) is 30.3 Å². The largest absolute Gasteiger partial charge is 0.330 e. The van der Waals surface area contributed by atoms with E-state index < -0.39 is 0 Å². The van der Waals surface area contributed by atoms with E-state index in [0.717, 1.165) is 32.5 Å². The van der Waals surface area contributed by atoms with E-state index in [1.807, 2.05) is 18.2 Å². The summed E-state index contributed by atoms with van der Waals surface area (Å²) in [6, 6.07) is 10.3. The van der Waals surface area contributed by atoms with Gasteiger partial charge in [0, 0.05) is 6.04 Å². The summed E-state index contributed by atoms with van der Waals surface area (Å²) in [5, 5.41) is 3.33. The molecule has 3 heteroatoms. The van der Waals surface area contributed by atoms with Crippen LogP contribution in [0.3, 0.4) is 0 Å². The average molecular weight is 207 g/mol. The monoisotopic (exact) mass is 207 g/mol. The summed E-state index contributed by atoms with van der Waals surface area (Å²) < 4.78 is 0. The number of nitrogens with one attached hydrogen (secondary N) is 1. The highest BCUT2D eigenvalue weighted by Crippen LogP contribution is 2.11. The fraction of sp³-hybridized carbons (Fsp3) is 0.500. The van der Waals surface area contributed by atoms with Crippen LogP contribution < -0.4 is 16.8 Å². The van der Waals surface area contributed by atoms with Crippen LogP contribution in [-0.2, 0) is 0 Å². The first-order chi connectivity index (χ1) is 7.34. The summed E-state index contributed by atoms with van der Waals surface area (Å²) in [5.74, 6) is 0. The molecule has 1 aromatic carbocycles. The minimum atomic E-state index is 0.136. The van der Waals surface area contributed by atoms with Gasteiger partial charge in [-0.25, -0.2) is 0 Å². The number of rotatable bonds is 7. The predicted octanol–water partition coefficient (Wildman–Crippen LogP) is 1.01. The van der Waals surface area contributed by atoms with Gasteiger partial charge in [0.25, 0.3) is 0 Å². The molecule has 84 valence electrons. The molecular weight excluding hydrogens is 186 g/mol. The molecule has 0 radical (unpaired) electrons. The molecule has 0 aliphatic heterocycles. The maximum absolute atomic E-state index is 6.05. The molecule has 0 spiro atoms. The van der Waals surface area contributed by atoms with Crippen molar-refractivity contribution in [3.8, 4) is 0 Å².